The van der Waals surface area contributed by atoms with E-state index in [-0.39, 0.29) is 17.4 Å². The van der Waals surface area contributed by atoms with E-state index in [2.05, 4.69) is 15.3 Å². The van der Waals surface area contributed by atoms with Crippen molar-refractivity contribution in [1.29, 1.82) is 0 Å². The van der Waals surface area contributed by atoms with Crippen molar-refractivity contribution < 1.29 is 21.8 Å². The molecule has 0 aliphatic heterocycles. The molecule has 0 amide bonds. The van der Waals surface area contributed by atoms with Crippen molar-refractivity contribution in [2.75, 3.05) is 12.9 Å². The van der Waals surface area contributed by atoms with Crippen molar-refractivity contribution in [3.05, 3.63) is 93.1 Å². The van der Waals surface area contributed by atoms with Gasteiger partial charge in [-0.05, 0) is 73.6 Å². The Kier molecular flexibility index (Phi) is 6.33. The fourth-order valence-electron chi connectivity index (χ4n) is 7.15. The lowest BCUT2D eigenvalue weighted by Crippen LogP contribution is -2.85. The molecule has 3 unspecified atom stereocenters. The minimum Gasteiger partial charge on any atom is -0.378 e. The number of hydrogen-bond donors (Lipinski definition) is 1. The first kappa shape index (κ1) is 27.8. The standard InChI is InChI=1S/C30H30F4N4O2S/c1-16-35-12-17(13-36-16)29-14-30(15-29,28(29,2)34)26-10-20-21(7-19(33)8-22(20)27(39)38(26)3)24(11-31)37-23-6-5-18(32)9-25(23)41(4)40/h5-8,10,12-13,24-25,37H,9,11,14-15H2,1-4H3/t24-,25?,28?,29?,30?,41?/m1/s1. The van der Waals surface area contributed by atoms with E-state index in [4.69, 9.17) is 0 Å². The van der Waals surface area contributed by atoms with Crippen molar-refractivity contribution in [2.24, 2.45) is 7.05 Å². The van der Waals surface area contributed by atoms with Crippen LogP contribution >= 0.6 is 0 Å². The molecule has 0 saturated heterocycles. The summed E-state index contributed by atoms with van der Waals surface area (Å²) in [5.74, 6) is -0.583. The van der Waals surface area contributed by atoms with Gasteiger partial charge < -0.3 is 9.88 Å². The van der Waals surface area contributed by atoms with Crippen molar-refractivity contribution in [2.45, 2.75) is 60.9 Å². The second kappa shape index (κ2) is 9.34. The third-order valence-corrected chi connectivity index (χ3v) is 10.8. The smallest absolute Gasteiger partial charge is 0.258 e. The summed E-state index contributed by atoms with van der Waals surface area (Å²) in [6, 6.07) is 2.81. The summed E-state index contributed by atoms with van der Waals surface area (Å²) in [5.41, 5.74) is -2.28. The number of allylic oxidation sites excluding steroid dienone is 3. The largest absolute Gasteiger partial charge is 0.378 e. The van der Waals surface area contributed by atoms with Crippen LogP contribution in [0.5, 0.6) is 0 Å². The van der Waals surface area contributed by atoms with Gasteiger partial charge in [0.05, 0.1) is 16.7 Å². The first-order valence-electron chi connectivity index (χ1n) is 13.4. The van der Waals surface area contributed by atoms with E-state index < -0.39 is 62.5 Å². The van der Waals surface area contributed by atoms with E-state index in [0.717, 1.165) is 12.1 Å². The summed E-state index contributed by atoms with van der Waals surface area (Å²) in [6.45, 7) is 2.30. The van der Waals surface area contributed by atoms with E-state index in [1.54, 1.807) is 32.4 Å². The van der Waals surface area contributed by atoms with Gasteiger partial charge in [-0.3, -0.25) is 9.00 Å². The Labute approximate surface area is 237 Å². The maximum atomic E-state index is 16.6. The third-order valence-electron chi connectivity index (χ3n) is 9.62. The molecule has 0 spiro atoms. The number of benzene rings is 1. The molecule has 4 aliphatic carbocycles. The molecule has 1 N–H and O–H groups in total. The lowest BCUT2D eigenvalue weighted by Gasteiger charge is -2.78. The number of pyridine rings is 1. The van der Waals surface area contributed by atoms with Crippen molar-refractivity contribution in [1.82, 2.24) is 19.9 Å². The predicted octanol–water partition coefficient (Wildman–Crippen LogP) is 4.98. The molecule has 7 rings (SSSR count). The average molecular weight is 587 g/mol. The van der Waals surface area contributed by atoms with Gasteiger partial charge in [-0.2, -0.15) is 0 Å². The molecule has 3 fully saturated rings. The SMILES string of the molecule is Cc1ncc(C23CC(c4cc5c([C@@H](CF)NC6=CC=C(F)CC6S(C)=O)cc(F)cc5c(=O)n4C)(C2)C3(C)F)cn1. The minimum atomic E-state index is -1.71. The summed E-state index contributed by atoms with van der Waals surface area (Å²) in [7, 11) is 0.0795. The van der Waals surface area contributed by atoms with Crippen molar-refractivity contribution in [3.63, 3.8) is 0 Å². The normalized spacial score (nSPS) is 30.1. The van der Waals surface area contributed by atoms with Gasteiger partial charge >= 0.3 is 0 Å². The van der Waals surface area contributed by atoms with Crippen molar-refractivity contribution in [3.8, 4) is 0 Å². The number of nitrogens with zero attached hydrogens (tertiary/aromatic N) is 3. The van der Waals surface area contributed by atoms with Gasteiger partial charge in [-0.15, -0.1) is 0 Å². The maximum Gasteiger partial charge on any atom is 0.258 e. The van der Waals surface area contributed by atoms with Crippen LogP contribution in [0, 0.1) is 12.7 Å². The lowest BCUT2D eigenvalue weighted by atomic mass is 9.25. The Bertz CT molecular complexity index is 1720. The van der Waals surface area contributed by atoms with E-state index in [1.165, 1.54) is 29.9 Å². The molecule has 6 nitrogen and oxygen atoms in total. The molecule has 3 aromatic rings. The first-order valence-corrected chi connectivity index (χ1v) is 15.0. The van der Waals surface area contributed by atoms with Crippen LogP contribution in [-0.4, -0.2) is 42.6 Å². The zero-order valence-corrected chi connectivity index (χ0v) is 23.9. The van der Waals surface area contributed by atoms with Crippen LogP contribution in [0.1, 0.15) is 54.9 Å². The molecular formula is C30H30F4N4O2S. The minimum absolute atomic E-state index is 0.0412. The zero-order valence-electron chi connectivity index (χ0n) is 23.1. The van der Waals surface area contributed by atoms with Gasteiger partial charge in [0, 0.05) is 65.1 Å². The fourth-order valence-corrected chi connectivity index (χ4v) is 8.05. The van der Waals surface area contributed by atoms with Gasteiger partial charge in [0.2, 0.25) is 0 Å². The molecule has 0 radical (unpaired) electrons. The highest BCUT2D eigenvalue weighted by atomic mass is 32.2. The van der Waals surface area contributed by atoms with Gasteiger partial charge in [0.1, 0.15) is 29.8 Å². The Hall–Kier alpha value is -3.34. The maximum absolute atomic E-state index is 16.6. The fraction of sp³-hybridized carbons (Fsp3) is 0.433. The first-order chi connectivity index (χ1) is 19.3. The summed E-state index contributed by atoms with van der Waals surface area (Å²) in [6.07, 6.45) is 8.13. The Morgan fingerprint density at radius 1 is 1.12 bits per heavy atom. The van der Waals surface area contributed by atoms with E-state index >= 15 is 4.39 Å². The second-order valence-electron chi connectivity index (χ2n) is 11.7. The number of nitrogens with one attached hydrogen (secondary N) is 1. The molecule has 2 heterocycles. The quantitative estimate of drug-likeness (QED) is 0.396. The number of halogens is 4. The van der Waals surface area contributed by atoms with Crippen LogP contribution in [0.15, 0.2) is 59.1 Å². The van der Waals surface area contributed by atoms with Crippen LogP contribution in [0.4, 0.5) is 17.6 Å². The molecule has 1 aromatic carbocycles. The molecular weight excluding hydrogens is 556 g/mol. The number of alkyl halides is 2. The molecule has 41 heavy (non-hydrogen) atoms. The number of aryl methyl sites for hydroxylation is 1. The van der Waals surface area contributed by atoms with Gasteiger partial charge in [-0.25, -0.2) is 27.5 Å². The number of hydrogen-bond acceptors (Lipinski definition) is 5. The summed E-state index contributed by atoms with van der Waals surface area (Å²) in [5, 5.41) is 2.61. The van der Waals surface area contributed by atoms with Gasteiger partial charge in [0.25, 0.3) is 5.56 Å². The summed E-state index contributed by atoms with van der Waals surface area (Å²) >= 11 is 0. The van der Waals surface area contributed by atoms with Crippen LogP contribution in [0.25, 0.3) is 10.8 Å². The van der Waals surface area contributed by atoms with Crippen molar-refractivity contribution >= 4 is 21.6 Å². The Balaban J connectivity index is 1.44. The highest BCUT2D eigenvalue weighted by Gasteiger charge is 2.85. The molecule has 2 aromatic heterocycles. The number of aromatic nitrogens is 3. The summed E-state index contributed by atoms with van der Waals surface area (Å²) < 4.78 is 73.7. The zero-order chi connectivity index (χ0) is 29.5. The Morgan fingerprint density at radius 3 is 2.41 bits per heavy atom. The topological polar surface area (TPSA) is 76.9 Å². The highest BCUT2D eigenvalue weighted by molar-refractivity contribution is 7.85. The van der Waals surface area contributed by atoms with Crippen LogP contribution in [0.3, 0.4) is 0 Å². The molecule has 11 heteroatoms. The Morgan fingerprint density at radius 2 is 1.80 bits per heavy atom. The lowest BCUT2D eigenvalue weighted by molar-refractivity contribution is -0.246. The second-order valence-corrected chi connectivity index (χ2v) is 13.2. The average Bonchev–Trinajstić information content (AvgIpc) is 2.91. The highest BCUT2D eigenvalue weighted by Crippen LogP contribution is 2.80. The van der Waals surface area contributed by atoms with E-state index in [1.807, 2.05) is 0 Å². The van der Waals surface area contributed by atoms with Crippen LogP contribution in [-0.2, 0) is 28.7 Å². The molecule has 216 valence electrons. The van der Waals surface area contributed by atoms with Gasteiger partial charge in [0.15, 0.2) is 0 Å². The third kappa shape index (κ3) is 3.80. The molecule has 4 aliphatic rings. The summed E-state index contributed by atoms with van der Waals surface area (Å²) in [4.78, 5) is 22.1. The predicted molar refractivity (Wildman–Crippen MR) is 150 cm³/mol. The molecule has 2 bridgehead atoms. The van der Waals surface area contributed by atoms with Crippen LogP contribution < -0.4 is 10.9 Å². The van der Waals surface area contributed by atoms with Gasteiger partial charge in [-0.1, -0.05) is 0 Å². The van der Waals surface area contributed by atoms with E-state index in [0.29, 0.717) is 41.0 Å². The number of fused-ring (bicyclic) bond motifs is 1. The molecule has 4 atom stereocenters. The molecule has 3 saturated carbocycles. The van der Waals surface area contributed by atoms with E-state index in [9.17, 15) is 22.2 Å². The van der Waals surface area contributed by atoms with Crippen LogP contribution in [0.2, 0.25) is 0 Å². The monoisotopic (exact) mass is 586 g/mol. The number of rotatable bonds is 7.